The van der Waals surface area contributed by atoms with Gasteiger partial charge in [-0.05, 0) is 41.2 Å². The zero-order valence-corrected chi connectivity index (χ0v) is 14.0. The molecule has 0 fully saturated rings. The Hall–Kier alpha value is -1.09. The molecule has 0 aliphatic heterocycles. The Morgan fingerprint density at radius 3 is 2.71 bits per heavy atom. The van der Waals surface area contributed by atoms with E-state index in [0.29, 0.717) is 6.54 Å². The van der Waals surface area contributed by atoms with E-state index in [4.69, 9.17) is 11.6 Å². The second-order valence-corrected chi connectivity index (χ2v) is 7.18. The lowest BCUT2D eigenvalue weighted by molar-refractivity contribution is 0.601. The first-order valence-electron chi connectivity index (χ1n) is 5.83. The van der Waals surface area contributed by atoms with E-state index in [1.54, 1.807) is 7.05 Å². The zero-order chi connectivity index (χ0) is 15.6. The van der Waals surface area contributed by atoms with Crippen LogP contribution in [0.2, 0.25) is 5.02 Å². The second kappa shape index (κ2) is 6.35. The highest BCUT2D eigenvalue weighted by Gasteiger charge is 2.19. The van der Waals surface area contributed by atoms with Gasteiger partial charge in [0.2, 0.25) is 0 Å². The molecule has 0 bridgehead atoms. The summed E-state index contributed by atoms with van der Waals surface area (Å²) in [6, 6.07) is 3.67. The summed E-state index contributed by atoms with van der Waals surface area (Å²) < 4.78 is 40.3. The fourth-order valence-electron chi connectivity index (χ4n) is 1.70. The van der Waals surface area contributed by atoms with Crippen LogP contribution in [-0.2, 0) is 16.6 Å². The van der Waals surface area contributed by atoms with Crippen molar-refractivity contribution in [3.63, 3.8) is 0 Å². The molecule has 0 saturated heterocycles. The quantitative estimate of drug-likeness (QED) is 0.727. The Balaban J connectivity index is 2.33. The summed E-state index contributed by atoms with van der Waals surface area (Å²) in [7, 11) is -2.06. The minimum absolute atomic E-state index is 0.0311. The van der Waals surface area contributed by atoms with Crippen LogP contribution in [0.25, 0.3) is 0 Å². The maximum Gasteiger partial charge on any atom is 0.263 e. The number of rotatable bonds is 5. The lowest BCUT2D eigenvalue weighted by Crippen LogP contribution is -2.13. The number of sulfonamides is 1. The molecule has 0 aliphatic rings. The van der Waals surface area contributed by atoms with Crippen LogP contribution in [0.15, 0.2) is 33.8 Å². The van der Waals surface area contributed by atoms with Gasteiger partial charge in [-0.25, -0.2) is 12.8 Å². The molecule has 0 atom stereocenters. The van der Waals surface area contributed by atoms with Gasteiger partial charge in [-0.1, -0.05) is 11.6 Å². The highest BCUT2D eigenvalue weighted by molar-refractivity contribution is 9.10. The van der Waals surface area contributed by atoms with Crippen molar-refractivity contribution in [2.24, 2.45) is 0 Å². The summed E-state index contributed by atoms with van der Waals surface area (Å²) in [6.45, 7) is 0.510. The molecule has 0 aliphatic carbocycles. The summed E-state index contributed by atoms with van der Waals surface area (Å²) in [5.74, 6) is -0.562. The molecule has 9 heteroatoms. The lowest BCUT2D eigenvalue weighted by Gasteiger charge is -2.10. The fraction of sp³-hybridized carbons (Fsp3) is 0.167. The van der Waals surface area contributed by atoms with Crippen LogP contribution in [0.3, 0.4) is 0 Å². The largest absolute Gasteiger partial charge is 0.363 e. The average Bonchev–Trinajstić information content (AvgIpc) is 2.84. The van der Waals surface area contributed by atoms with Crippen molar-refractivity contribution >= 4 is 43.2 Å². The van der Waals surface area contributed by atoms with E-state index in [1.807, 2.05) is 0 Å². The predicted molar refractivity (Wildman–Crippen MR) is 83.5 cm³/mol. The molecule has 1 heterocycles. The first kappa shape index (κ1) is 16.3. The third-order valence-corrected chi connectivity index (χ3v) is 4.89. The molecule has 21 heavy (non-hydrogen) atoms. The fourth-order valence-corrected chi connectivity index (χ4v) is 3.90. The van der Waals surface area contributed by atoms with Crippen molar-refractivity contribution in [3.05, 3.63) is 45.4 Å². The van der Waals surface area contributed by atoms with Gasteiger partial charge in [-0.3, -0.25) is 4.72 Å². The number of anilines is 1. The molecule has 3 N–H and O–H groups in total. The van der Waals surface area contributed by atoms with E-state index in [-0.39, 0.29) is 20.1 Å². The van der Waals surface area contributed by atoms with Crippen LogP contribution < -0.4 is 10.0 Å². The van der Waals surface area contributed by atoms with E-state index in [2.05, 4.69) is 31.0 Å². The Morgan fingerprint density at radius 2 is 2.10 bits per heavy atom. The number of H-pyrrole nitrogens is 1. The van der Waals surface area contributed by atoms with Crippen molar-refractivity contribution in [1.29, 1.82) is 0 Å². The van der Waals surface area contributed by atoms with Crippen LogP contribution in [0.1, 0.15) is 5.69 Å². The molecule has 1 aromatic heterocycles. The minimum atomic E-state index is -3.81. The average molecular weight is 397 g/mol. The first-order chi connectivity index (χ1) is 9.83. The highest BCUT2D eigenvalue weighted by atomic mass is 79.9. The van der Waals surface area contributed by atoms with Gasteiger partial charge in [0, 0.05) is 22.9 Å². The van der Waals surface area contributed by atoms with Gasteiger partial charge in [0.25, 0.3) is 10.0 Å². The molecule has 0 amide bonds. The van der Waals surface area contributed by atoms with Crippen LogP contribution in [0, 0.1) is 5.82 Å². The number of aromatic nitrogens is 1. The van der Waals surface area contributed by atoms with Crippen LogP contribution in [0.5, 0.6) is 0 Å². The molecule has 2 rings (SSSR count). The summed E-state index contributed by atoms with van der Waals surface area (Å²) in [5.41, 5.74) is 0.816. The normalized spacial score (nSPS) is 11.6. The maximum atomic E-state index is 13.1. The molecule has 0 radical (unpaired) electrons. The van der Waals surface area contributed by atoms with Gasteiger partial charge in [0.1, 0.15) is 10.7 Å². The van der Waals surface area contributed by atoms with E-state index in [0.717, 1.165) is 17.8 Å². The van der Waals surface area contributed by atoms with Crippen molar-refractivity contribution in [2.75, 3.05) is 11.8 Å². The third kappa shape index (κ3) is 3.76. The Morgan fingerprint density at radius 1 is 1.38 bits per heavy atom. The number of aromatic amines is 1. The summed E-state index contributed by atoms with van der Waals surface area (Å²) >= 11 is 8.95. The summed E-state index contributed by atoms with van der Waals surface area (Å²) in [4.78, 5) is 2.92. The number of halogens is 3. The molecule has 0 saturated carbocycles. The van der Waals surface area contributed by atoms with E-state index in [9.17, 15) is 12.8 Å². The van der Waals surface area contributed by atoms with Crippen molar-refractivity contribution < 1.29 is 12.8 Å². The SMILES string of the molecule is CNCc1cc(S(=O)(=O)Nc2c(Cl)cc(F)cc2Br)c[nH]1. The maximum absolute atomic E-state index is 13.1. The molecule has 0 spiro atoms. The number of hydrogen-bond acceptors (Lipinski definition) is 3. The monoisotopic (exact) mass is 395 g/mol. The molecular weight excluding hydrogens is 385 g/mol. The van der Waals surface area contributed by atoms with E-state index in [1.165, 1.54) is 12.3 Å². The Bertz CT molecular complexity index is 741. The lowest BCUT2D eigenvalue weighted by atomic mass is 10.3. The molecule has 2 aromatic rings. The topological polar surface area (TPSA) is 74.0 Å². The van der Waals surface area contributed by atoms with Gasteiger partial charge in [0.15, 0.2) is 0 Å². The highest BCUT2D eigenvalue weighted by Crippen LogP contribution is 2.33. The van der Waals surface area contributed by atoms with Crippen molar-refractivity contribution in [3.8, 4) is 0 Å². The number of nitrogens with one attached hydrogen (secondary N) is 3. The van der Waals surface area contributed by atoms with Crippen molar-refractivity contribution in [2.45, 2.75) is 11.4 Å². The van der Waals surface area contributed by atoms with Gasteiger partial charge in [-0.15, -0.1) is 0 Å². The molecule has 114 valence electrons. The molecule has 1 aromatic carbocycles. The Kier molecular flexibility index (Phi) is 4.92. The summed E-state index contributed by atoms with van der Waals surface area (Å²) in [6.07, 6.45) is 1.38. The number of benzene rings is 1. The van der Waals surface area contributed by atoms with Gasteiger partial charge in [-0.2, -0.15) is 0 Å². The second-order valence-electron chi connectivity index (χ2n) is 4.24. The van der Waals surface area contributed by atoms with E-state index < -0.39 is 15.8 Å². The standard InChI is InChI=1S/C12H12BrClFN3O2S/c1-16-5-8-4-9(6-17-8)21(19,20)18-12-10(13)2-7(15)3-11(12)14/h2-4,6,16-18H,5H2,1H3. The van der Waals surface area contributed by atoms with E-state index >= 15 is 0 Å². The van der Waals surface area contributed by atoms with Crippen LogP contribution >= 0.6 is 27.5 Å². The van der Waals surface area contributed by atoms with Gasteiger partial charge in [0.05, 0.1) is 10.7 Å². The Labute approximate surface area is 135 Å². The first-order valence-corrected chi connectivity index (χ1v) is 8.48. The van der Waals surface area contributed by atoms with Gasteiger partial charge < -0.3 is 10.3 Å². The predicted octanol–water partition coefficient (Wildman–Crippen LogP) is 3.09. The minimum Gasteiger partial charge on any atom is -0.363 e. The smallest absolute Gasteiger partial charge is 0.263 e. The van der Waals surface area contributed by atoms with Crippen molar-refractivity contribution in [1.82, 2.24) is 10.3 Å². The zero-order valence-electron chi connectivity index (χ0n) is 10.9. The molecular formula is C12H12BrClFN3O2S. The van der Waals surface area contributed by atoms with Crippen LogP contribution in [-0.4, -0.2) is 20.4 Å². The third-order valence-electron chi connectivity index (χ3n) is 2.64. The van der Waals surface area contributed by atoms with Gasteiger partial charge >= 0.3 is 0 Å². The molecule has 5 nitrogen and oxygen atoms in total. The number of hydrogen-bond donors (Lipinski definition) is 3. The summed E-state index contributed by atoms with van der Waals surface area (Å²) in [5, 5.41) is 2.88. The molecule has 0 unspecified atom stereocenters. The van der Waals surface area contributed by atoms with Crippen LogP contribution in [0.4, 0.5) is 10.1 Å².